The second-order valence-corrected chi connectivity index (χ2v) is 9.73. The third-order valence-electron chi connectivity index (χ3n) is 4.13. The summed E-state index contributed by atoms with van der Waals surface area (Å²) in [7, 11) is 0. The van der Waals surface area contributed by atoms with Crippen molar-refractivity contribution in [2.24, 2.45) is 21.5 Å². The largest absolute Gasteiger partial charge is 0.370 e. The molecule has 0 aliphatic rings. The van der Waals surface area contributed by atoms with Crippen molar-refractivity contribution in [3.8, 4) is 0 Å². The molecule has 8 nitrogen and oxygen atoms in total. The van der Waals surface area contributed by atoms with Crippen molar-refractivity contribution in [3.63, 3.8) is 0 Å². The van der Waals surface area contributed by atoms with E-state index >= 15 is 0 Å². The molecule has 33 heavy (non-hydrogen) atoms. The Kier molecular flexibility index (Phi) is 13.8. The number of pyridine rings is 2. The van der Waals surface area contributed by atoms with E-state index in [9.17, 15) is 0 Å². The van der Waals surface area contributed by atoms with Gasteiger partial charge in [0.2, 0.25) is 0 Å². The zero-order valence-corrected chi connectivity index (χ0v) is 21.5. The number of hydrogen-bond donors (Lipinski definition) is 4. The summed E-state index contributed by atoms with van der Waals surface area (Å²) in [6, 6.07) is 7.35. The molecule has 2 rings (SSSR count). The number of guanidine groups is 2. The van der Waals surface area contributed by atoms with E-state index in [4.69, 9.17) is 34.7 Å². The highest BCUT2D eigenvalue weighted by molar-refractivity contribution is 7.98. The lowest BCUT2D eigenvalue weighted by atomic mass is 10.4. The van der Waals surface area contributed by atoms with Crippen molar-refractivity contribution in [3.05, 3.63) is 58.1 Å². The molecule has 0 bridgehead atoms. The molecule has 0 spiro atoms. The number of aliphatic imine (C=N–C) groups is 2. The molecule has 0 atom stereocenters. The molecule has 0 saturated carbocycles. The number of thioether (sulfide) groups is 2. The van der Waals surface area contributed by atoms with E-state index in [1.807, 2.05) is 24.3 Å². The van der Waals surface area contributed by atoms with Gasteiger partial charge in [-0.05, 0) is 30.7 Å². The fraction of sp³-hybridized carbons (Fsp3) is 0.429. The molecule has 6 N–H and O–H groups in total. The Labute approximate surface area is 213 Å². The minimum atomic E-state index is 0.437. The van der Waals surface area contributed by atoms with Crippen molar-refractivity contribution in [1.82, 2.24) is 20.6 Å². The molecular formula is C21H30Cl2N8S2. The van der Waals surface area contributed by atoms with Gasteiger partial charge < -0.3 is 22.1 Å². The van der Waals surface area contributed by atoms with Crippen molar-refractivity contribution < 1.29 is 0 Å². The first-order valence-corrected chi connectivity index (χ1v) is 13.5. The minimum absolute atomic E-state index is 0.437. The highest BCUT2D eigenvalue weighted by Crippen LogP contribution is 2.18. The van der Waals surface area contributed by atoms with Crippen LogP contribution in [0.4, 0.5) is 0 Å². The van der Waals surface area contributed by atoms with Crippen molar-refractivity contribution in [2.45, 2.75) is 17.9 Å². The van der Waals surface area contributed by atoms with Gasteiger partial charge in [0.1, 0.15) is 0 Å². The summed E-state index contributed by atoms with van der Waals surface area (Å²) in [6.07, 6.45) is 4.27. The van der Waals surface area contributed by atoms with Crippen molar-refractivity contribution in [1.29, 1.82) is 0 Å². The summed E-state index contributed by atoms with van der Waals surface area (Å²) in [4.78, 5) is 17.1. The molecular weight excluding hydrogens is 499 g/mol. The molecule has 0 fully saturated rings. The van der Waals surface area contributed by atoms with Gasteiger partial charge in [-0.3, -0.25) is 20.0 Å². The lowest BCUT2D eigenvalue weighted by molar-refractivity contribution is 0.821. The third-order valence-corrected chi connectivity index (χ3v) is 6.76. The first kappa shape index (κ1) is 27.4. The number of aromatic nitrogens is 2. The molecule has 12 heteroatoms. The molecule has 2 aromatic rings. The molecule has 0 amide bonds. The topological polar surface area (TPSA) is 127 Å². The van der Waals surface area contributed by atoms with Crippen molar-refractivity contribution >= 4 is 58.6 Å². The number of nitrogens with one attached hydrogen (secondary N) is 2. The lowest BCUT2D eigenvalue weighted by Crippen LogP contribution is -2.34. The number of hydrogen-bond acceptors (Lipinski definition) is 6. The van der Waals surface area contributed by atoms with Crippen LogP contribution in [-0.4, -0.2) is 59.6 Å². The van der Waals surface area contributed by atoms with E-state index < -0.39 is 0 Å². The summed E-state index contributed by atoms with van der Waals surface area (Å²) in [5.41, 5.74) is 13.6. The van der Waals surface area contributed by atoms with Crippen LogP contribution >= 0.6 is 46.7 Å². The zero-order chi connectivity index (χ0) is 23.7. The first-order valence-electron chi connectivity index (χ1n) is 10.5. The van der Waals surface area contributed by atoms with Crippen LogP contribution in [-0.2, 0) is 11.5 Å². The Balaban J connectivity index is 1.46. The minimum Gasteiger partial charge on any atom is -0.370 e. The second-order valence-electron chi connectivity index (χ2n) is 6.71. The summed E-state index contributed by atoms with van der Waals surface area (Å²) >= 11 is 15.7. The maximum Gasteiger partial charge on any atom is 0.188 e. The molecule has 0 aromatic carbocycles. The highest BCUT2D eigenvalue weighted by atomic mass is 35.5. The van der Waals surface area contributed by atoms with Crippen LogP contribution in [0, 0.1) is 0 Å². The smallest absolute Gasteiger partial charge is 0.188 e. The normalized spacial score (nSPS) is 12.1. The molecule has 0 unspecified atom stereocenters. The summed E-state index contributed by atoms with van der Waals surface area (Å²) in [6.45, 7) is 2.63. The maximum atomic E-state index is 6.09. The van der Waals surface area contributed by atoms with Gasteiger partial charge in [0.05, 0.1) is 21.4 Å². The van der Waals surface area contributed by atoms with Gasteiger partial charge in [0, 0.05) is 61.6 Å². The fourth-order valence-electron chi connectivity index (χ4n) is 2.47. The van der Waals surface area contributed by atoms with Crippen LogP contribution in [0.2, 0.25) is 10.0 Å². The molecule has 2 aromatic heterocycles. The van der Waals surface area contributed by atoms with Gasteiger partial charge in [-0.1, -0.05) is 23.2 Å². The standard InChI is InChI=1S/C21H30Cl2N8S2/c22-16-4-1-6-26-18(16)14-32-12-10-30-20(24)28-8-3-9-29-21(25)31-11-13-33-15-19-17(23)5-2-7-27-19/h1-2,4-7H,3,8-15H2,(H3,24,28,30)(H3,25,29,31). The average molecular weight is 530 g/mol. The first-order chi connectivity index (χ1) is 16.1. The lowest BCUT2D eigenvalue weighted by Gasteiger charge is -2.07. The van der Waals surface area contributed by atoms with E-state index in [0.717, 1.165) is 53.9 Å². The number of nitrogens with two attached hydrogens (primary N) is 2. The molecule has 180 valence electrons. The van der Waals surface area contributed by atoms with E-state index in [0.29, 0.717) is 35.1 Å². The molecule has 2 heterocycles. The van der Waals surface area contributed by atoms with E-state index in [2.05, 4.69) is 30.6 Å². The Morgan fingerprint density at radius 3 is 1.70 bits per heavy atom. The van der Waals surface area contributed by atoms with Gasteiger partial charge in [0.25, 0.3) is 0 Å². The quantitative estimate of drug-likeness (QED) is 0.167. The predicted octanol–water partition coefficient (Wildman–Crippen LogP) is 3.15. The third kappa shape index (κ3) is 12.2. The van der Waals surface area contributed by atoms with Gasteiger partial charge in [-0.15, -0.1) is 0 Å². The Morgan fingerprint density at radius 2 is 1.27 bits per heavy atom. The Hall–Kier alpha value is -1.88. The predicted molar refractivity (Wildman–Crippen MR) is 144 cm³/mol. The number of rotatable bonds is 14. The van der Waals surface area contributed by atoms with Crippen LogP contribution in [0.5, 0.6) is 0 Å². The monoisotopic (exact) mass is 528 g/mol. The zero-order valence-electron chi connectivity index (χ0n) is 18.3. The van der Waals surface area contributed by atoms with Gasteiger partial charge in [-0.2, -0.15) is 23.5 Å². The molecule has 0 aliphatic heterocycles. The second kappa shape index (κ2) is 16.7. The van der Waals surface area contributed by atoms with E-state index in [1.165, 1.54) is 0 Å². The van der Waals surface area contributed by atoms with Crippen LogP contribution in [0.25, 0.3) is 0 Å². The van der Waals surface area contributed by atoms with Crippen molar-refractivity contribution in [2.75, 3.05) is 37.7 Å². The molecule has 0 radical (unpaired) electrons. The fourth-order valence-corrected chi connectivity index (χ4v) is 4.63. The van der Waals surface area contributed by atoms with Crippen LogP contribution in [0.3, 0.4) is 0 Å². The van der Waals surface area contributed by atoms with Crippen LogP contribution in [0.15, 0.2) is 46.6 Å². The Morgan fingerprint density at radius 1 is 0.818 bits per heavy atom. The van der Waals surface area contributed by atoms with E-state index in [-0.39, 0.29) is 0 Å². The van der Waals surface area contributed by atoms with E-state index in [1.54, 1.807) is 35.9 Å². The molecule has 0 saturated heterocycles. The average Bonchev–Trinajstić information content (AvgIpc) is 2.80. The molecule has 0 aliphatic carbocycles. The summed E-state index contributed by atoms with van der Waals surface area (Å²) in [5.74, 6) is 4.16. The van der Waals surface area contributed by atoms with Gasteiger partial charge in [-0.25, -0.2) is 0 Å². The highest BCUT2D eigenvalue weighted by Gasteiger charge is 2.02. The number of nitrogens with zero attached hydrogens (tertiary/aromatic N) is 4. The maximum absolute atomic E-state index is 6.09. The van der Waals surface area contributed by atoms with Gasteiger partial charge >= 0.3 is 0 Å². The Bertz CT molecular complexity index is 827. The van der Waals surface area contributed by atoms with Gasteiger partial charge in [0.15, 0.2) is 11.9 Å². The van der Waals surface area contributed by atoms with Crippen LogP contribution < -0.4 is 22.1 Å². The number of halogens is 2. The summed E-state index contributed by atoms with van der Waals surface area (Å²) < 4.78 is 0. The van der Waals surface area contributed by atoms with Crippen LogP contribution in [0.1, 0.15) is 17.8 Å². The SMILES string of the molecule is NC(=NCCCN=C(N)NCCSCc1ncccc1Cl)NCCSCc1ncccc1Cl. The summed E-state index contributed by atoms with van der Waals surface area (Å²) in [5, 5.41) is 7.60.